The molecule has 0 saturated carbocycles. The molecule has 0 rings (SSSR count). The second kappa shape index (κ2) is 9.05. The van der Waals surface area contributed by atoms with E-state index in [-0.39, 0.29) is 27.8 Å². The molecule has 0 bridgehead atoms. The van der Waals surface area contributed by atoms with E-state index in [2.05, 4.69) is 6.92 Å². The second-order valence-corrected chi connectivity index (χ2v) is 2.33. The second-order valence-electron chi connectivity index (χ2n) is 1.81. The third-order valence-corrected chi connectivity index (χ3v) is 1.48. The monoisotopic (exact) mass is 330 g/mol. The van der Waals surface area contributed by atoms with Crippen molar-refractivity contribution in [3.05, 3.63) is 0 Å². The Labute approximate surface area is 78.5 Å². The molecule has 0 heterocycles. The van der Waals surface area contributed by atoms with Gasteiger partial charge in [-0.25, -0.2) is 0 Å². The minimum Gasteiger partial charge on any atom is -0.761 e. The van der Waals surface area contributed by atoms with Crippen LogP contribution in [0, 0.1) is 0 Å². The van der Waals surface area contributed by atoms with Crippen LogP contribution in [-0.2, 0) is 39.7 Å². The molecule has 3 heteroatoms. The van der Waals surface area contributed by atoms with Crippen molar-refractivity contribution in [1.82, 2.24) is 0 Å². The maximum absolute atomic E-state index is 4.88. The fourth-order valence-corrected chi connectivity index (χ4v) is 0.655. The van der Waals surface area contributed by atoms with E-state index in [0.29, 0.717) is 0 Å². The summed E-state index contributed by atoms with van der Waals surface area (Å²) >= 11 is 4.88. The average Bonchev–Trinajstić information content (AvgIpc) is 1.83. The predicted molar refractivity (Wildman–Crippen MR) is 37.7 cm³/mol. The number of rotatable bonds is 4. The van der Waals surface area contributed by atoms with Crippen LogP contribution in [0.25, 0.3) is 0 Å². The Morgan fingerprint density at radius 3 is 2.44 bits per heavy atom. The maximum atomic E-state index is 4.88. The van der Waals surface area contributed by atoms with Crippen LogP contribution in [-0.4, -0.2) is 12.5 Å². The molecule has 1 nitrogen and oxygen atoms in total. The molecule has 0 aliphatic heterocycles. The molecule has 1 atom stereocenters. The van der Waals surface area contributed by atoms with Crippen LogP contribution in [0.15, 0.2) is 0 Å². The molecule has 0 aromatic carbocycles. The minimum absolute atomic E-state index is 0. The van der Waals surface area contributed by atoms with Gasteiger partial charge in [0.05, 0.1) is 0 Å². The number of unbranched alkanes of at least 4 members (excludes halogenated alkanes) is 1. The van der Waals surface area contributed by atoms with Crippen LogP contribution in [0.4, 0.5) is 0 Å². The Balaban J connectivity index is 0. The molecule has 0 aliphatic carbocycles. The van der Waals surface area contributed by atoms with Crippen molar-refractivity contribution in [3.8, 4) is 0 Å². The van der Waals surface area contributed by atoms with E-state index in [1.165, 1.54) is 12.8 Å². The Hall–Kier alpha value is 1.05. The van der Waals surface area contributed by atoms with Gasteiger partial charge in [0.15, 0.2) is 0 Å². The Bertz CT molecular complexity index is 52.3. The van der Waals surface area contributed by atoms with E-state index < -0.39 is 0 Å². The average molecular weight is 330 g/mol. The van der Waals surface area contributed by atoms with Crippen molar-refractivity contribution in [2.45, 2.75) is 31.6 Å². The van der Waals surface area contributed by atoms with E-state index >= 15 is 0 Å². The molecule has 1 unspecified atom stereocenters. The van der Waals surface area contributed by atoms with Crippen molar-refractivity contribution in [2.24, 2.45) is 0 Å². The zero-order valence-electron chi connectivity index (χ0n) is 5.82. The van der Waals surface area contributed by atoms with Crippen LogP contribution in [0.3, 0.4) is 0 Å². The molecule has 0 aliphatic rings. The molecule has 0 radical (unpaired) electrons. The fraction of sp³-hybridized carbons (Fsp3) is 1.00. The molecule has 0 amide bonds. The number of ether oxygens (including phenoxy) is 1. The zero-order chi connectivity index (χ0) is 6.41. The van der Waals surface area contributed by atoms with Gasteiger partial charge in [0.2, 0.25) is 0 Å². The molecular formula is C6H13AuOS. The van der Waals surface area contributed by atoms with Gasteiger partial charge < -0.3 is 17.4 Å². The Kier molecular flexibility index (Phi) is 12.8. The predicted octanol–water partition coefficient (Wildman–Crippen LogP) is 1.69. The van der Waals surface area contributed by atoms with Gasteiger partial charge in [-0.15, -0.1) is 0 Å². The Morgan fingerprint density at radius 2 is 2.11 bits per heavy atom. The molecule has 60 valence electrons. The summed E-state index contributed by atoms with van der Waals surface area (Å²) in [4.78, 5) is 0. The van der Waals surface area contributed by atoms with E-state index in [1.54, 1.807) is 7.11 Å². The number of hydrogen-bond acceptors (Lipinski definition) is 2. The summed E-state index contributed by atoms with van der Waals surface area (Å²) in [7, 11) is 1.66. The molecular weight excluding hydrogens is 317 g/mol. The first-order chi connectivity index (χ1) is 3.81. The topological polar surface area (TPSA) is 9.23 Å². The quantitative estimate of drug-likeness (QED) is 0.573. The molecule has 0 aromatic heterocycles. The summed E-state index contributed by atoms with van der Waals surface area (Å²) in [6.45, 7) is 2.15. The summed E-state index contributed by atoms with van der Waals surface area (Å²) in [5.74, 6) is 0. The molecule has 0 fully saturated rings. The smallest absolute Gasteiger partial charge is 0.761 e. The zero-order valence-corrected chi connectivity index (χ0v) is 8.80. The minimum atomic E-state index is 0. The summed E-state index contributed by atoms with van der Waals surface area (Å²) in [6, 6.07) is 0. The van der Waals surface area contributed by atoms with Crippen molar-refractivity contribution in [1.29, 1.82) is 0 Å². The van der Waals surface area contributed by atoms with E-state index in [9.17, 15) is 0 Å². The SMILES string of the molecule is CCCCC([S-])OC.[Au+]. The van der Waals surface area contributed by atoms with Gasteiger partial charge in [0.1, 0.15) is 0 Å². The van der Waals surface area contributed by atoms with Crippen molar-refractivity contribution in [2.75, 3.05) is 7.11 Å². The first kappa shape index (κ1) is 12.7. The summed E-state index contributed by atoms with van der Waals surface area (Å²) in [5.41, 5.74) is 0.0370. The molecule has 0 saturated heterocycles. The first-order valence-corrected chi connectivity index (χ1v) is 3.47. The van der Waals surface area contributed by atoms with E-state index in [1.807, 2.05) is 0 Å². The first-order valence-electron chi connectivity index (χ1n) is 3.00. The van der Waals surface area contributed by atoms with Gasteiger partial charge in [-0.3, -0.25) is 0 Å². The van der Waals surface area contributed by atoms with Crippen molar-refractivity contribution < 1.29 is 27.1 Å². The number of hydrogen-bond donors (Lipinski definition) is 0. The van der Waals surface area contributed by atoms with Crippen molar-refractivity contribution >= 4 is 12.6 Å². The van der Waals surface area contributed by atoms with Crippen LogP contribution in [0.2, 0.25) is 0 Å². The summed E-state index contributed by atoms with van der Waals surface area (Å²) < 4.78 is 4.87. The third-order valence-electron chi connectivity index (χ3n) is 1.06. The van der Waals surface area contributed by atoms with Gasteiger partial charge in [0.25, 0.3) is 0 Å². The van der Waals surface area contributed by atoms with Gasteiger partial charge >= 0.3 is 22.4 Å². The number of methoxy groups -OCH3 is 1. The van der Waals surface area contributed by atoms with E-state index in [4.69, 9.17) is 17.4 Å². The maximum Gasteiger partial charge on any atom is 1.00 e. The van der Waals surface area contributed by atoms with Crippen LogP contribution in [0.5, 0.6) is 0 Å². The summed E-state index contributed by atoms with van der Waals surface area (Å²) in [5, 5.41) is 0. The summed E-state index contributed by atoms with van der Waals surface area (Å²) in [6.07, 6.45) is 3.40. The molecule has 0 N–H and O–H groups in total. The van der Waals surface area contributed by atoms with Gasteiger partial charge in [-0.1, -0.05) is 25.2 Å². The molecule has 0 aromatic rings. The largest absolute Gasteiger partial charge is 1.00 e. The van der Waals surface area contributed by atoms with Gasteiger partial charge in [-0.2, -0.15) is 0 Å². The fourth-order valence-electron chi connectivity index (χ4n) is 0.489. The molecule has 0 spiro atoms. The standard InChI is InChI=1S/C6H14OS.Au/c1-3-4-5-6(8)7-2;/h6,8H,3-5H2,1-2H3;/q;+1/p-1. The van der Waals surface area contributed by atoms with Crippen molar-refractivity contribution in [3.63, 3.8) is 0 Å². The van der Waals surface area contributed by atoms with E-state index in [0.717, 1.165) is 6.42 Å². The van der Waals surface area contributed by atoms with Crippen LogP contribution < -0.4 is 0 Å². The molecule has 9 heavy (non-hydrogen) atoms. The Morgan fingerprint density at radius 1 is 1.56 bits per heavy atom. The van der Waals surface area contributed by atoms with Crippen LogP contribution >= 0.6 is 0 Å². The van der Waals surface area contributed by atoms with Gasteiger partial charge in [0, 0.05) is 7.11 Å². The van der Waals surface area contributed by atoms with Gasteiger partial charge in [-0.05, 0) is 6.42 Å². The third kappa shape index (κ3) is 9.05. The normalized spacial score (nSPS) is 12.3. The van der Waals surface area contributed by atoms with Crippen LogP contribution in [0.1, 0.15) is 26.2 Å².